The van der Waals surface area contributed by atoms with Gasteiger partial charge in [-0.25, -0.2) is 8.78 Å². The van der Waals surface area contributed by atoms with E-state index in [1.54, 1.807) is 0 Å². The van der Waals surface area contributed by atoms with Crippen LogP contribution < -0.4 is 9.80 Å². The Kier molecular flexibility index (Phi) is 6.75. The first-order valence-corrected chi connectivity index (χ1v) is 12.4. The van der Waals surface area contributed by atoms with Crippen LogP contribution in [-0.2, 0) is 6.42 Å². The maximum atomic E-state index is 13.9. The Morgan fingerprint density at radius 1 is 1.06 bits per heavy atom. The normalized spacial score (nSPS) is 19.5. The van der Waals surface area contributed by atoms with E-state index in [4.69, 9.17) is 0 Å². The van der Waals surface area contributed by atoms with Crippen molar-refractivity contribution in [3.63, 3.8) is 0 Å². The highest BCUT2D eigenvalue weighted by atomic mass is 19.1. The van der Waals surface area contributed by atoms with E-state index in [0.717, 1.165) is 76.6 Å². The second-order valence-corrected chi connectivity index (χ2v) is 9.65. The zero-order chi connectivity index (χ0) is 23.7. The molecule has 1 aromatic heterocycles. The van der Waals surface area contributed by atoms with Gasteiger partial charge in [0.05, 0.1) is 18.2 Å². The third-order valence-electron chi connectivity index (χ3n) is 7.60. The fourth-order valence-corrected chi connectivity index (χ4v) is 5.73. The number of aromatic amines is 1. The lowest BCUT2D eigenvalue weighted by molar-refractivity contribution is 0.255. The van der Waals surface area contributed by atoms with Crippen molar-refractivity contribution in [3.05, 3.63) is 59.3 Å². The predicted molar refractivity (Wildman–Crippen MR) is 134 cm³/mol. The zero-order valence-corrected chi connectivity index (χ0v) is 19.9. The minimum absolute atomic E-state index is 0.213. The Morgan fingerprint density at radius 2 is 1.85 bits per heavy atom. The molecule has 3 aromatic rings. The van der Waals surface area contributed by atoms with Gasteiger partial charge in [0.15, 0.2) is 0 Å². The van der Waals surface area contributed by atoms with Gasteiger partial charge >= 0.3 is 0 Å². The summed E-state index contributed by atoms with van der Waals surface area (Å²) in [6.07, 6.45) is 5.75. The summed E-state index contributed by atoms with van der Waals surface area (Å²) in [5.41, 5.74) is 5.21. The summed E-state index contributed by atoms with van der Waals surface area (Å²) in [6.45, 7) is 8.38. The third kappa shape index (κ3) is 4.51. The molecule has 1 atom stereocenters. The molecule has 7 heteroatoms. The highest BCUT2D eigenvalue weighted by Crippen LogP contribution is 2.34. The summed E-state index contributed by atoms with van der Waals surface area (Å²) in [4.78, 5) is 10.3. The first kappa shape index (κ1) is 23.1. The van der Waals surface area contributed by atoms with E-state index in [1.165, 1.54) is 23.0 Å². The first-order valence-electron chi connectivity index (χ1n) is 12.4. The van der Waals surface area contributed by atoms with Crippen LogP contribution in [0.2, 0.25) is 0 Å². The Bertz CT molecular complexity index is 1140. The largest absolute Gasteiger partial charge is 0.394 e. The fraction of sp³-hybridized carbons (Fsp3) is 0.481. The SMILES string of the molecule is Cc1c(N2CCN(CCCc3c[nH]c4c(F)cc(F)cc34)CC2)cccc1N1CCC[C@H]1CO. The maximum absolute atomic E-state index is 13.9. The number of piperazine rings is 1. The lowest BCUT2D eigenvalue weighted by Crippen LogP contribution is -2.47. The maximum Gasteiger partial charge on any atom is 0.150 e. The number of hydrogen-bond acceptors (Lipinski definition) is 4. The molecule has 0 saturated carbocycles. The van der Waals surface area contributed by atoms with Gasteiger partial charge in [0, 0.05) is 61.7 Å². The molecule has 0 spiro atoms. The monoisotopic (exact) mass is 468 g/mol. The van der Waals surface area contributed by atoms with Crippen molar-refractivity contribution >= 4 is 22.3 Å². The molecule has 2 fully saturated rings. The van der Waals surface area contributed by atoms with Crippen LogP contribution in [0.3, 0.4) is 0 Å². The number of benzene rings is 2. The van der Waals surface area contributed by atoms with Gasteiger partial charge < -0.3 is 19.9 Å². The van der Waals surface area contributed by atoms with Gasteiger partial charge in [-0.15, -0.1) is 0 Å². The van der Waals surface area contributed by atoms with Crippen molar-refractivity contribution in [2.24, 2.45) is 0 Å². The highest BCUT2D eigenvalue weighted by molar-refractivity contribution is 5.83. The summed E-state index contributed by atoms with van der Waals surface area (Å²) in [5.74, 6) is -1.06. The molecule has 2 aliphatic heterocycles. The van der Waals surface area contributed by atoms with Crippen LogP contribution in [0.4, 0.5) is 20.2 Å². The van der Waals surface area contributed by atoms with Crippen molar-refractivity contribution < 1.29 is 13.9 Å². The number of rotatable bonds is 7. The number of aliphatic hydroxyl groups is 1. The van der Waals surface area contributed by atoms with Crippen molar-refractivity contribution in [1.29, 1.82) is 0 Å². The van der Waals surface area contributed by atoms with Gasteiger partial charge in [-0.05, 0) is 68.5 Å². The molecule has 2 aliphatic rings. The third-order valence-corrected chi connectivity index (χ3v) is 7.60. The topological polar surface area (TPSA) is 45.7 Å². The molecule has 2 aromatic carbocycles. The van der Waals surface area contributed by atoms with Crippen molar-refractivity contribution in [2.75, 3.05) is 55.7 Å². The Hall–Kier alpha value is -2.64. The molecule has 0 amide bonds. The standard InChI is InChI=1S/C27H34F2N4O/c1-19-25(7-2-8-26(19)33-10-4-6-22(33)18-34)32-13-11-31(12-14-32)9-3-5-20-17-30-27-23(20)15-21(28)16-24(27)29/h2,7-8,15-17,22,30,34H,3-6,9-14,18H2,1H3/t22-/m0/s1. The smallest absolute Gasteiger partial charge is 0.150 e. The van der Waals surface area contributed by atoms with E-state index in [-0.39, 0.29) is 12.6 Å². The van der Waals surface area contributed by atoms with E-state index in [1.807, 2.05) is 6.20 Å². The quantitative estimate of drug-likeness (QED) is 0.537. The number of H-pyrrole nitrogens is 1. The molecule has 0 bridgehead atoms. The van der Waals surface area contributed by atoms with Gasteiger partial charge in [-0.1, -0.05) is 6.07 Å². The summed E-state index contributed by atoms with van der Waals surface area (Å²) >= 11 is 0. The van der Waals surface area contributed by atoms with Gasteiger partial charge in [-0.3, -0.25) is 4.90 Å². The molecule has 0 aliphatic carbocycles. The van der Waals surface area contributed by atoms with Gasteiger partial charge in [-0.2, -0.15) is 0 Å². The summed E-state index contributed by atoms with van der Waals surface area (Å²) in [7, 11) is 0. The van der Waals surface area contributed by atoms with Crippen LogP contribution in [0.5, 0.6) is 0 Å². The van der Waals surface area contributed by atoms with E-state index >= 15 is 0 Å². The molecule has 0 radical (unpaired) electrons. The predicted octanol–water partition coefficient (Wildman–Crippen LogP) is 4.47. The van der Waals surface area contributed by atoms with Crippen molar-refractivity contribution in [2.45, 2.75) is 38.6 Å². The summed E-state index contributed by atoms with van der Waals surface area (Å²) in [5, 5.41) is 10.4. The number of aryl methyl sites for hydroxylation is 1. The van der Waals surface area contributed by atoms with Crippen LogP contribution in [0.15, 0.2) is 36.5 Å². The lowest BCUT2D eigenvalue weighted by Gasteiger charge is -2.38. The van der Waals surface area contributed by atoms with E-state index in [9.17, 15) is 13.9 Å². The number of anilines is 2. The Morgan fingerprint density at radius 3 is 2.65 bits per heavy atom. The number of nitrogens with one attached hydrogen (secondary N) is 1. The average molecular weight is 469 g/mol. The van der Waals surface area contributed by atoms with Crippen molar-refractivity contribution in [1.82, 2.24) is 9.88 Å². The van der Waals surface area contributed by atoms with Crippen LogP contribution in [0, 0.1) is 18.6 Å². The number of fused-ring (bicyclic) bond motifs is 1. The number of hydrogen-bond donors (Lipinski definition) is 2. The minimum Gasteiger partial charge on any atom is -0.394 e. The molecule has 5 rings (SSSR count). The molecule has 2 saturated heterocycles. The lowest BCUT2D eigenvalue weighted by atomic mass is 10.1. The van der Waals surface area contributed by atoms with Crippen LogP contribution in [-0.4, -0.2) is 66.9 Å². The van der Waals surface area contributed by atoms with Gasteiger partial charge in [0.2, 0.25) is 0 Å². The van der Waals surface area contributed by atoms with E-state index in [2.05, 4.69) is 44.8 Å². The molecule has 182 valence electrons. The molecular formula is C27H34F2N4O. The van der Waals surface area contributed by atoms with Crippen LogP contribution >= 0.6 is 0 Å². The fourth-order valence-electron chi connectivity index (χ4n) is 5.73. The van der Waals surface area contributed by atoms with Crippen molar-refractivity contribution in [3.8, 4) is 0 Å². The first-order chi connectivity index (χ1) is 16.5. The highest BCUT2D eigenvalue weighted by Gasteiger charge is 2.27. The summed E-state index contributed by atoms with van der Waals surface area (Å²) < 4.78 is 27.6. The molecule has 2 N–H and O–H groups in total. The molecule has 3 heterocycles. The molecule has 0 unspecified atom stereocenters. The van der Waals surface area contributed by atoms with E-state index < -0.39 is 11.6 Å². The second kappa shape index (κ2) is 9.92. The molecule has 34 heavy (non-hydrogen) atoms. The van der Waals surface area contributed by atoms with Crippen LogP contribution in [0.25, 0.3) is 10.9 Å². The Labute approximate surface area is 200 Å². The second-order valence-electron chi connectivity index (χ2n) is 9.65. The van der Waals surface area contributed by atoms with Gasteiger partial charge in [0.1, 0.15) is 11.6 Å². The van der Waals surface area contributed by atoms with Crippen LogP contribution in [0.1, 0.15) is 30.4 Å². The zero-order valence-electron chi connectivity index (χ0n) is 19.9. The number of aliphatic hydroxyl groups excluding tert-OH is 1. The Balaban J connectivity index is 1.16. The van der Waals surface area contributed by atoms with E-state index in [0.29, 0.717) is 10.9 Å². The summed E-state index contributed by atoms with van der Waals surface area (Å²) in [6, 6.07) is 9.12. The number of nitrogens with zero attached hydrogens (tertiary/aromatic N) is 3. The van der Waals surface area contributed by atoms with Gasteiger partial charge in [0.25, 0.3) is 0 Å². The molecular weight excluding hydrogens is 434 g/mol. The number of aromatic nitrogens is 1. The average Bonchev–Trinajstić information content (AvgIpc) is 3.47. The minimum atomic E-state index is -0.534. The number of halogens is 2. The molecule has 5 nitrogen and oxygen atoms in total.